The number of hydrogen-bond acceptors (Lipinski definition) is 3. The SMILES string of the molecule is CC(C)Oc1ccc(P(C(=O)c2ccccc2)C(F)(F)F)c(OC(C)C)c1. The number of ether oxygens (including phenoxy) is 2. The lowest BCUT2D eigenvalue weighted by Gasteiger charge is -2.24. The molecule has 0 aliphatic heterocycles. The third kappa shape index (κ3) is 5.70. The molecule has 0 fully saturated rings. The van der Waals surface area contributed by atoms with Gasteiger partial charge in [0.15, 0.2) is 5.52 Å². The summed E-state index contributed by atoms with van der Waals surface area (Å²) < 4.78 is 52.8. The Morgan fingerprint density at radius 2 is 1.52 bits per heavy atom. The molecule has 2 rings (SSSR count). The zero-order chi connectivity index (χ0) is 20.2. The molecule has 2 aromatic rings. The molecule has 2 aromatic carbocycles. The first-order chi connectivity index (χ1) is 12.6. The first-order valence-electron chi connectivity index (χ1n) is 8.53. The van der Waals surface area contributed by atoms with E-state index in [1.807, 2.05) is 13.8 Å². The van der Waals surface area contributed by atoms with Crippen LogP contribution in [0.1, 0.15) is 38.1 Å². The van der Waals surface area contributed by atoms with Crippen molar-refractivity contribution in [1.82, 2.24) is 0 Å². The van der Waals surface area contributed by atoms with Crippen LogP contribution in [0.25, 0.3) is 0 Å². The molecule has 7 heteroatoms. The first-order valence-corrected chi connectivity index (χ1v) is 9.87. The highest BCUT2D eigenvalue weighted by Gasteiger charge is 2.47. The smallest absolute Gasteiger partial charge is 0.416 e. The highest BCUT2D eigenvalue weighted by Crippen LogP contribution is 2.56. The molecule has 1 unspecified atom stereocenters. The lowest BCUT2D eigenvalue weighted by atomic mass is 10.2. The van der Waals surface area contributed by atoms with Crippen LogP contribution >= 0.6 is 7.92 Å². The highest BCUT2D eigenvalue weighted by molar-refractivity contribution is 7.83. The van der Waals surface area contributed by atoms with Crippen molar-refractivity contribution in [3.8, 4) is 11.5 Å². The maximum absolute atomic E-state index is 13.9. The van der Waals surface area contributed by atoms with E-state index in [-0.39, 0.29) is 28.8 Å². The van der Waals surface area contributed by atoms with E-state index in [9.17, 15) is 18.0 Å². The zero-order valence-electron chi connectivity index (χ0n) is 15.6. The van der Waals surface area contributed by atoms with Crippen molar-refractivity contribution in [2.45, 2.75) is 45.8 Å². The number of benzene rings is 2. The van der Waals surface area contributed by atoms with Gasteiger partial charge in [0.25, 0.3) is 0 Å². The molecule has 146 valence electrons. The number of alkyl halides is 3. The molecule has 0 N–H and O–H groups in total. The van der Waals surface area contributed by atoms with Gasteiger partial charge in [0, 0.05) is 16.9 Å². The average Bonchev–Trinajstić information content (AvgIpc) is 2.55. The van der Waals surface area contributed by atoms with Crippen LogP contribution in [-0.2, 0) is 0 Å². The van der Waals surface area contributed by atoms with Crippen LogP contribution in [0.2, 0.25) is 0 Å². The second kappa shape index (κ2) is 8.75. The number of carbonyl (C=O) groups excluding carboxylic acids is 1. The Morgan fingerprint density at radius 3 is 2.04 bits per heavy atom. The molecule has 0 radical (unpaired) electrons. The van der Waals surface area contributed by atoms with E-state index in [1.165, 1.54) is 30.3 Å². The van der Waals surface area contributed by atoms with E-state index >= 15 is 0 Å². The second-order valence-corrected chi connectivity index (χ2v) is 8.50. The predicted octanol–water partition coefficient (Wildman–Crippen LogP) is 5.73. The summed E-state index contributed by atoms with van der Waals surface area (Å²) in [5.74, 6) is -4.28. The maximum atomic E-state index is 13.9. The van der Waals surface area contributed by atoms with E-state index in [4.69, 9.17) is 9.47 Å². The van der Waals surface area contributed by atoms with Crippen LogP contribution < -0.4 is 14.8 Å². The van der Waals surface area contributed by atoms with Gasteiger partial charge >= 0.3 is 5.92 Å². The van der Waals surface area contributed by atoms with Gasteiger partial charge in [0.1, 0.15) is 19.4 Å². The standard InChI is InChI=1S/C20H22F3O3P/c1-13(2)25-16-10-11-18(17(12-16)26-14(3)4)27(20(21,22)23)19(24)15-8-6-5-7-9-15/h5-14H,1-4H3. The van der Waals surface area contributed by atoms with E-state index < -0.39 is 19.4 Å². The number of rotatable bonds is 7. The Balaban J connectivity index is 2.55. The fraction of sp³-hybridized carbons (Fsp3) is 0.350. The molecular weight excluding hydrogens is 376 g/mol. The Hall–Kier alpha value is -2.07. The molecule has 0 aromatic heterocycles. The summed E-state index contributed by atoms with van der Waals surface area (Å²) in [6, 6.07) is 11.7. The highest BCUT2D eigenvalue weighted by atomic mass is 31.1. The predicted molar refractivity (Wildman–Crippen MR) is 101 cm³/mol. The summed E-state index contributed by atoms with van der Waals surface area (Å²) in [5.41, 5.74) is -0.928. The minimum atomic E-state index is -4.70. The fourth-order valence-electron chi connectivity index (χ4n) is 2.44. The van der Waals surface area contributed by atoms with Crippen molar-refractivity contribution in [1.29, 1.82) is 0 Å². The van der Waals surface area contributed by atoms with Crippen molar-refractivity contribution in [2.75, 3.05) is 0 Å². The molecule has 0 heterocycles. The largest absolute Gasteiger partial charge is 0.491 e. The Bertz CT molecular complexity index is 774. The Labute approximate surface area is 158 Å². The molecule has 0 aliphatic rings. The summed E-state index contributed by atoms with van der Waals surface area (Å²) >= 11 is 0. The van der Waals surface area contributed by atoms with Gasteiger partial charge in [-0.25, -0.2) is 0 Å². The van der Waals surface area contributed by atoms with Gasteiger partial charge in [-0.1, -0.05) is 30.3 Å². The molecule has 0 saturated carbocycles. The molecule has 1 atom stereocenters. The van der Waals surface area contributed by atoms with Crippen LogP contribution in [0, 0.1) is 0 Å². The van der Waals surface area contributed by atoms with E-state index in [1.54, 1.807) is 32.0 Å². The summed E-state index contributed by atoms with van der Waals surface area (Å²) in [5, 5.41) is -0.156. The van der Waals surface area contributed by atoms with Crippen LogP contribution in [-0.4, -0.2) is 23.6 Å². The van der Waals surface area contributed by atoms with E-state index in [0.29, 0.717) is 5.75 Å². The zero-order valence-corrected chi connectivity index (χ0v) is 16.5. The molecule has 3 nitrogen and oxygen atoms in total. The number of carbonyl (C=O) groups is 1. The van der Waals surface area contributed by atoms with Crippen molar-refractivity contribution < 1.29 is 27.4 Å². The third-order valence-corrected chi connectivity index (χ3v) is 5.41. The van der Waals surface area contributed by atoms with E-state index in [0.717, 1.165) is 0 Å². The van der Waals surface area contributed by atoms with Gasteiger partial charge in [-0.15, -0.1) is 0 Å². The maximum Gasteiger partial charge on any atom is 0.416 e. The van der Waals surface area contributed by atoms with E-state index in [2.05, 4.69) is 0 Å². The molecule has 0 amide bonds. The van der Waals surface area contributed by atoms with Crippen LogP contribution in [0.15, 0.2) is 48.5 Å². The molecule has 0 aliphatic carbocycles. The minimum absolute atomic E-state index is 0.0240. The molecule has 0 saturated heterocycles. The quantitative estimate of drug-likeness (QED) is 0.559. The van der Waals surface area contributed by atoms with Crippen molar-refractivity contribution in [3.05, 3.63) is 54.1 Å². The van der Waals surface area contributed by atoms with Crippen LogP contribution in [0.3, 0.4) is 0 Å². The Kier molecular flexibility index (Phi) is 6.88. The summed E-state index contributed by atoms with van der Waals surface area (Å²) in [6.45, 7) is 7.07. The van der Waals surface area contributed by atoms with Crippen LogP contribution in [0.4, 0.5) is 13.2 Å². The van der Waals surface area contributed by atoms with Gasteiger partial charge in [-0.3, -0.25) is 4.79 Å². The molecule has 0 spiro atoms. The second-order valence-electron chi connectivity index (χ2n) is 6.44. The van der Waals surface area contributed by atoms with Gasteiger partial charge in [-0.05, 0) is 39.8 Å². The lowest BCUT2D eigenvalue weighted by Crippen LogP contribution is -2.24. The average molecular weight is 398 g/mol. The van der Waals surface area contributed by atoms with Gasteiger partial charge in [0.2, 0.25) is 0 Å². The van der Waals surface area contributed by atoms with Gasteiger partial charge in [0.05, 0.1) is 12.2 Å². The molecule has 27 heavy (non-hydrogen) atoms. The van der Waals surface area contributed by atoms with Crippen molar-refractivity contribution >= 4 is 18.8 Å². The lowest BCUT2D eigenvalue weighted by molar-refractivity contribution is -0.0384. The first kappa shape index (κ1) is 21.2. The number of hydrogen-bond donors (Lipinski definition) is 0. The summed E-state index contributed by atoms with van der Waals surface area (Å²) in [6.07, 6.45) is -0.493. The molecule has 0 bridgehead atoms. The van der Waals surface area contributed by atoms with Gasteiger partial charge < -0.3 is 9.47 Å². The normalized spacial score (nSPS) is 12.9. The minimum Gasteiger partial charge on any atom is -0.491 e. The van der Waals surface area contributed by atoms with Crippen molar-refractivity contribution in [2.24, 2.45) is 0 Å². The summed E-state index contributed by atoms with van der Waals surface area (Å²) in [7, 11) is -3.14. The van der Waals surface area contributed by atoms with Gasteiger partial charge in [-0.2, -0.15) is 13.2 Å². The van der Waals surface area contributed by atoms with Crippen molar-refractivity contribution in [3.63, 3.8) is 0 Å². The summed E-state index contributed by atoms with van der Waals surface area (Å²) in [4.78, 5) is 12.7. The monoisotopic (exact) mass is 398 g/mol. The number of halogens is 3. The fourth-order valence-corrected chi connectivity index (χ4v) is 4.13. The topological polar surface area (TPSA) is 35.5 Å². The molecular formula is C20H22F3O3P. The van der Waals surface area contributed by atoms with Crippen LogP contribution in [0.5, 0.6) is 11.5 Å². The third-order valence-electron chi connectivity index (χ3n) is 3.38. The Morgan fingerprint density at radius 1 is 0.926 bits per heavy atom.